The van der Waals surface area contributed by atoms with Crippen LogP contribution in [0.4, 0.5) is 0 Å². The highest BCUT2D eigenvalue weighted by Gasteiger charge is 2.32. The van der Waals surface area contributed by atoms with Crippen molar-refractivity contribution in [3.63, 3.8) is 0 Å². The van der Waals surface area contributed by atoms with Gasteiger partial charge in [-0.3, -0.25) is 4.79 Å². The van der Waals surface area contributed by atoms with E-state index in [9.17, 15) is 4.79 Å². The molecule has 3 heteroatoms. The average molecular weight is 209 g/mol. The van der Waals surface area contributed by atoms with Crippen LogP contribution in [0.15, 0.2) is 0 Å². The van der Waals surface area contributed by atoms with Crippen LogP contribution in [0.25, 0.3) is 0 Å². The molecule has 1 amide bonds. The molecule has 2 aliphatic rings. The van der Waals surface area contributed by atoms with Gasteiger partial charge < -0.3 is 9.80 Å². The fourth-order valence-corrected chi connectivity index (χ4v) is 2.55. The van der Waals surface area contributed by atoms with Crippen molar-refractivity contribution in [2.24, 2.45) is 0 Å². The van der Waals surface area contributed by atoms with Crippen LogP contribution in [-0.4, -0.2) is 47.9 Å². The lowest BCUT2D eigenvalue weighted by molar-refractivity contribution is -0.144. The van der Waals surface area contributed by atoms with E-state index in [2.05, 4.69) is 23.6 Å². The largest absolute Gasteiger partial charge is 0.339 e. The first-order valence-corrected chi connectivity index (χ1v) is 5.97. The summed E-state index contributed by atoms with van der Waals surface area (Å²) in [7, 11) is 0. The molecule has 85 valence electrons. The van der Waals surface area contributed by atoms with E-state index in [0.717, 1.165) is 32.6 Å². The van der Waals surface area contributed by atoms with Gasteiger partial charge in [-0.05, 0) is 18.8 Å². The molecule has 2 fully saturated rings. The Hall–Kier alpha value is -0.570. The Morgan fingerprint density at radius 3 is 2.33 bits per heavy atom. The molecule has 3 nitrogen and oxygen atoms in total. The molecule has 2 aliphatic heterocycles. The standard InChI is InChI=1S/C12H21N2O/c1-10(2)9-13-6-3-11(4-7-13)14-8-5-12(14)15/h11H,3-9H2,1-2H3. The monoisotopic (exact) mass is 209 g/mol. The number of amides is 1. The number of likely N-dealkylation sites (tertiary alicyclic amines) is 2. The minimum Gasteiger partial charge on any atom is -0.339 e. The zero-order valence-corrected chi connectivity index (χ0v) is 9.83. The van der Waals surface area contributed by atoms with Crippen molar-refractivity contribution in [2.75, 3.05) is 26.2 Å². The average Bonchev–Trinajstić information content (AvgIpc) is 2.18. The van der Waals surface area contributed by atoms with Gasteiger partial charge >= 0.3 is 0 Å². The van der Waals surface area contributed by atoms with Gasteiger partial charge in [0, 0.05) is 38.6 Å². The van der Waals surface area contributed by atoms with Crippen molar-refractivity contribution < 1.29 is 4.79 Å². The summed E-state index contributed by atoms with van der Waals surface area (Å²) in [5.74, 6) is 1.85. The van der Waals surface area contributed by atoms with Crippen molar-refractivity contribution in [3.8, 4) is 0 Å². The third-order valence-corrected chi connectivity index (χ3v) is 3.42. The molecule has 0 aromatic heterocycles. The molecule has 0 aromatic rings. The number of rotatable bonds is 3. The number of hydrogen-bond donors (Lipinski definition) is 0. The van der Waals surface area contributed by atoms with Crippen molar-refractivity contribution >= 4 is 5.91 Å². The molecule has 0 bridgehead atoms. The summed E-state index contributed by atoms with van der Waals surface area (Å²) in [5, 5.41) is 0. The Bertz CT molecular complexity index is 232. The molecule has 0 atom stereocenters. The number of piperidine rings is 1. The summed E-state index contributed by atoms with van der Waals surface area (Å²) in [5.41, 5.74) is 0. The van der Waals surface area contributed by atoms with Gasteiger partial charge in [-0.25, -0.2) is 0 Å². The van der Waals surface area contributed by atoms with Crippen molar-refractivity contribution in [3.05, 3.63) is 5.92 Å². The number of carbonyl (C=O) groups excluding carboxylic acids is 1. The Morgan fingerprint density at radius 2 is 1.93 bits per heavy atom. The van der Waals surface area contributed by atoms with Gasteiger partial charge in [-0.15, -0.1) is 0 Å². The highest BCUT2D eigenvalue weighted by atomic mass is 16.2. The zero-order chi connectivity index (χ0) is 10.8. The van der Waals surface area contributed by atoms with Gasteiger partial charge in [0.2, 0.25) is 5.91 Å². The molecule has 15 heavy (non-hydrogen) atoms. The molecule has 0 spiro atoms. The first kappa shape index (κ1) is 10.9. The molecule has 0 N–H and O–H groups in total. The quantitative estimate of drug-likeness (QED) is 0.654. The number of hydrogen-bond acceptors (Lipinski definition) is 2. The van der Waals surface area contributed by atoms with E-state index in [-0.39, 0.29) is 0 Å². The van der Waals surface area contributed by atoms with Gasteiger partial charge in [0.15, 0.2) is 0 Å². The summed E-state index contributed by atoms with van der Waals surface area (Å²) in [6.45, 7) is 8.80. The predicted octanol–water partition coefficient (Wildman–Crippen LogP) is 1.30. The Kier molecular flexibility index (Phi) is 3.29. The highest BCUT2D eigenvalue weighted by molar-refractivity contribution is 5.82. The first-order chi connectivity index (χ1) is 7.16. The van der Waals surface area contributed by atoms with Crippen LogP contribution in [0.5, 0.6) is 0 Å². The van der Waals surface area contributed by atoms with Crippen LogP contribution in [0, 0.1) is 5.92 Å². The van der Waals surface area contributed by atoms with Crippen LogP contribution in [-0.2, 0) is 4.79 Å². The minimum atomic E-state index is 0.367. The van der Waals surface area contributed by atoms with Gasteiger partial charge in [-0.2, -0.15) is 0 Å². The minimum absolute atomic E-state index is 0.367. The smallest absolute Gasteiger partial charge is 0.224 e. The molecule has 2 saturated heterocycles. The molecule has 1 radical (unpaired) electrons. The maximum Gasteiger partial charge on any atom is 0.224 e. The van der Waals surface area contributed by atoms with Crippen LogP contribution in [0.2, 0.25) is 0 Å². The van der Waals surface area contributed by atoms with Crippen LogP contribution in [0.1, 0.15) is 33.1 Å². The van der Waals surface area contributed by atoms with Gasteiger partial charge in [-0.1, -0.05) is 13.8 Å². The molecule has 0 unspecified atom stereocenters. The predicted molar refractivity (Wildman–Crippen MR) is 60.4 cm³/mol. The highest BCUT2D eigenvalue weighted by Crippen LogP contribution is 2.22. The summed E-state index contributed by atoms with van der Waals surface area (Å²) >= 11 is 0. The lowest BCUT2D eigenvalue weighted by Crippen LogP contribution is -2.53. The van der Waals surface area contributed by atoms with Crippen LogP contribution >= 0.6 is 0 Å². The third-order valence-electron chi connectivity index (χ3n) is 3.42. The second-order valence-electron chi connectivity index (χ2n) is 5.05. The van der Waals surface area contributed by atoms with E-state index in [0.29, 0.717) is 11.9 Å². The van der Waals surface area contributed by atoms with Crippen LogP contribution in [0.3, 0.4) is 0 Å². The fourth-order valence-electron chi connectivity index (χ4n) is 2.55. The van der Waals surface area contributed by atoms with Gasteiger partial charge in [0.1, 0.15) is 0 Å². The number of nitrogens with zero attached hydrogens (tertiary/aromatic N) is 2. The molecule has 0 aromatic carbocycles. The van der Waals surface area contributed by atoms with Crippen LogP contribution < -0.4 is 0 Å². The maximum atomic E-state index is 11.3. The lowest BCUT2D eigenvalue weighted by atomic mass is 9.98. The Balaban J connectivity index is 1.74. The van der Waals surface area contributed by atoms with Gasteiger partial charge in [0.25, 0.3) is 0 Å². The molecule has 2 rings (SSSR count). The van der Waals surface area contributed by atoms with E-state index < -0.39 is 0 Å². The normalized spacial score (nSPS) is 24.7. The summed E-state index contributed by atoms with van der Waals surface area (Å²) in [6.07, 6.45) is 3.11. The molecule has 0 aliphatic carbocycles. The summed E-state index contributed by atoms with van der Waals surface area (Å²) in [4.78, 5) is 15.9. The zero-order valence-electron chi connectivity index (χ0n) is 9.83. The Morgan fingerprint density at radius 1 is 1.27 bits per heavy atom. The second-order valence-corrected chi connectivity index (χ2v) is 5.05. The van der Waals surface area contributed by atoms with Crippen molar-refractivity contribution in [2.45, 2.75) is 39.2 Å². The topological polar surface area (TPSA) is 23.6 Å². The SMILES string of the molecule is C[C](C)CN1CCC(N2CCC2=O)CC1. The Labute approximate surface area is 92.4 Å². The first-order valence-electron chi connectivity index (χ1n) is 5.97. The summed E-state index contributed by atoms with van der Waals surface area (Å²) in [6, 6.07) is 0.541. The number of carbonyl (C=O) groups is 1. The molecular formula is C12H21N2O. The second kappa shape index (κ2) is 4.52. The van der Waals surface area contributed by atoms with E-state index in [1.54, 1.807) is 0 Å². The molecule has 0 saturated carbocycles. The molecular weight excluding hydrogens is 188 g/mol. The lowest BCUT2D eigenvalue weighted by Gasteiger charge is -2.43. The van der Waals surface area contributed by atoms with E-state index in [4.69, 9.17) is 0 Å². The summed E-state index contributed by atoms with van der Waals surface area (Å²) < 4.78 is 0. The third kappa shape index (κ3) is 2.51. The fraction of sp³-hybridized carbons (Fsp3) is 0.833. The van der Waals surface area contributed by atoms with E-state index >= 15 is 0 Å². The van der Waals surface area contributed by atoms with Crippen molar-refractivity contribution in [1.82, 2.24) is 9.80 Å². The maximum absolute atomic E-state index is 11.3. The van der Waals surface area contributed by atoms with E-state index in [1.807, 2.05) is 0 Å². The van der Waals surface area contributed by atoms with Gasteiger partial charge in [0.05, 0.1) is 0 Å². The van der Waals surface area contributed by atoms with Crippen molar-refractivity contribution in [1.29, 1.82) is 0 Å². The molecule has 2 heterocycles. The number of β-lactam (4-membered cyclic amide) rings is 1. The van der Waals surface area contributed by atoms with E-state index in [1.165, 1.54) is 18.8 Å².